The lowest BCUT2D eigenvalue weighted by Gasteiger charge is -2.20. The van der Waals surface area contributed by atoms with Crippen LogP contribution in [0.5, 0.6) is 0 Å². The average Bonchev–Trinajstić information content (AvgIpc) is 2.61. The quantitative estimate of drug-likeness (QED) is 0.586. The van der Waals surface area contributed by atoms with Gasteiger partial charge in [-0.2, -0.15) is 0 Å². The third kappa shape index (κ3) is 5.32. The van der Waals surface area contributed by atoms with E-state index in [0.717, 1.165) is 11.6 Å². The Balaban J connectivity index is 1.87. The topological polar surface area (TPSA) is 105 Å². The van der Waals surface area contributed by atoms with Gasteiger partial charge in [0.15, 0.2) is 0 Å². The van der Waals surface area contributed by atoms with Crippen LogP contribution in [0.3, 0.4) is 0 Å². The van der Waals surface area contributed by atoms with Gasteiger partial charge in [-0.1, -0.05) is 41.9 Å². The molecule has 5 N–H and O–H groups in total. The van der Waals surface area contributed by atoms with Crippen molar-refractivity contribution in [2.45, 2.75) is 18.8 Å². The van der Waals surface area contributed by atoms with Crippen LogP contribution in [0.1, 0.15) is 17.2 Å². The van der Waals surface area contributed by atoms with Gasteiger partial charge in [0, 0.05) is 17.1 Å². The third-order valence-electron chi connectivity index (χ3n) is 3.48. The fourth-order valence-electron chi connectivity index (χ4n) is 2.13. The number of anilines is 1. The summed E-state index contributed by atoms with van der Waals surface area (Å²) in [6, 6.07) is 11.3. The van der Waals surface area contributed by atoms with E-state index >= 15 is 0 Å². The number of ether oxygens (including phenoxy) is 1. The molecule has 2 atom stereocenters. The Kier molecular flexibility index (Phi) is 6.58. The molecule has 0 aromatic heterocycles. The molecule has 0 saturated heterocycles. The molecule has 2 aromatic rings. The van der Waals surface area contributed by atoms with Crippen molar-refractivity contribution in [2.24, 2.45) is 0 Å². The smallest absolute Gasteiger partial charge is 0.407 e. The maximum absolute atomic E-state index is 13.5. The first kappa shape index (κ1) is 19.0. The van der Waals surface area contributed by atoms with Gasteiger partial charge < -0.3 is 26.0 Å². The fourth-order valence-corrected chi connectivity index (χ4v) is 2.34. The number of aliphatic hydroxyl groups is 2. The molecule has 0 fully saturated rings. The lowest BCUT2D eigenvalue weighted by atomic mass is 10.0. The number of aliphatic hydroxyl groups excluding tert-OH is 2. The van der Waals surface area contributed by atoms with Gasteiger partial charge in [0.1, 0.15) is 24.6 Å². The van der Waals surface area contributed by atoms with Crippen molar-refractivity contribution in [3.05, 3.63) is 64.4 Å². The molecule has 2 aromatic carbocycles. The Hall–Kier alpha value is -2.35. The van der Waals surface area contributed by atoms with Crippen molar-refractivity contribution in [3.8, 4) is 0 Å². The second-order valence-electron chi connectivity index (χ2n) is 5.35. The Labute approximate surface area is 149 Å². The number of rotatable bonds is 6. The zero-order valence-corrected chi connectivity index (χ0v) is 13.9. The SMILES string of the molecule is Nc1c(F)cc(Cl)cc1C(O)C(O)CNC(=O)OCc1ccccc1. The third-order valence-corrected chi connectivity index (χ3v) is 3.70. The predicted octanol–water partition coefficient (Wildman–Crippen LogP) is 2.38. The van der Waals surface area contributed by atoms with E-state index in [-0.39, 0.29) is 29.4 Å². The number of hydrogen-bond acceptors (Lipinski definition) is 5. The number of nitrogens with one attached hydrogen (secondary N) is 1. The molecular weight excluding hydrogens is 351 g/mol. The van der Waals surface area contributed by atoms with Crippen LogP contribution in [0.25, 0.3) is 0 Å². The van der Waals surface area contributed by atoms with Crippen LogP contribution in [0.2, 0.25) is 5.02 Å². The van der Waals surface area contributed by atoms with Crippen LogP contribution in [-0.2, 0) is 11.3 Å². The zero-order valence-electron chi connectivity index (χ0n) is 13.2. The standard InChI is InChI=1S/C17H18ClFN2O4/c18-11-6-12(15(20)13(19)7-11)16(23)14(22)8-21-17(24)25-9-10-4-2-1-3-5-10/h1-7,14,16,22-23H,8-9,20H2,(H,21,24). The fraction of sp³-hybridized carbons (Fsp3) is 0.235. The second kappa shape index (κ2) is 8.66. The van der Waals surface area contributed by atoms with Crippen LogP contribution in [0, 0.1) is 5.82 Å². The van der Waals surface area contributed by atoms with E-state index in [1.54, 1.807) is 12.1 Å². The maximum atomic E-state index is 13.5. The van der Waals surface area contributed by atoms with Gasteiger partial charge in [-0.3, -0.25) is 0 Å². The van der Waals surface area contributed by atoms with Crippen LogP contribution >= 0.6 is 11.6 Å². The molecular formula is C17H18ClFN2O4. The Morgan fingerprint density at radius 2 is 1.96 bits per heavy atom. The molecule has 0 saturated carbocycles. The van der Waals surface area contributed by atoms with Gasteiger partial charge in [-0.15, -0.1) is 0 Å². The summed E-state index contributed by atoms with van der Waals surface area (Å²) in [5.74, 6) is -0.802. The molecule has 1 amide bonds. The molecule has 2 rings (SSSR count). The van der Waals surface area contributed by atoms with Crippen molar-refractivity contribution in [2.75, 3.05) is 12.3 Å². The highest BCUT2D eigenvalue weighted by atomic mass is 35.5. The van der Waals surface area contributed by atoms with Gasteiger partial charge in [-0.25, -0.2) is 9.18 Å². The van der Waals surface area contributed by atoms with E-state index in [1.165, 1.54) is 6.07 Å². The molecule has 0 bridgehead atoms. The molecule has 6 nitrogen and oxygen atoms in total. The van der Waals surface area contributed by atoms with E-state index in [0.29, 0.717) is 0 Å². The molecule has 25 heavy (non-hydrogen) atoms. The van der Waals surface area contributed by atoms with E-state index in [4.69, 9.17) is 22.1 Å². The Morgan fingerprint density at radius 3 is 2.64 bits per heavy atom. The normalized spacial score (nSPS) is 13.1. The molecule has 0 spiro atoms. The number of halogens is 2. The van der Waals surface area contributed by atoms with Crippen molar-refractivity contribution in [1.82, 2.24) is 5.32 Å². The number of hydrogen-bond donors (Lipinski definition) is 4. The zero-order chi connectivity index (χ0) is 18.4. The number of carbonyl (C=O) groups is 1. The van der Waals surface area contributed by atoms with E-state index in [1.807, 2.05) is 18.2 Å². The predicted molar refractivity (Wildman–Crippen MR) is 91.4 cm³/mol. The van der Waals surface area contributed by atoms with E-state index < -0.39 is 24.1 Å². The first-order chi connectivity index (χ1) is 11.9. The van der Waals surface area contributed by atoms with Crippen LogP contribution in [0.15, 0.2) is 42.5 Å². The maximum Gasteiger partial charge on any atom is 0.407 e. The summed E-state index contributed by atoms with van der Waals surface area (Å²) in [6.45, 7) is -0.250. The molecule has 0 aliphatic carbocycles. The molecule has 0 radical (unpaired) electrons. The van der Waals surface area contributed by atoms with Crippen molar-refractivity contribution in [1.29, 1.82) is 0 Å². The number of benzene rings is 2. The Morgan fingerprint density at radius 1 is 1.28 bits per heavy atom. The lowest BCUT2D eigenvalue weighted by molar-refractivity contribution is 0.0187. The minimum absolute atomic E-state index is 0.0307. The molecule has 2 unspecified atom stereocenters. The summed E-state index contributed by atoms with van der Waals surface area (Å²) < 4.78 is 18.5. The van der Waals surface area contributed by atoms with Crippen molar-refractivity contribution < 1.29 is 24.1 Å². The van der Waals surface area contributed by atoms with Crippen LogP contribution < -0.4 is 11.1 Å². The average molecular weight is 369 g/mol. The van der Waals surface area contributed by atoms with Gasteiger partial charge in [0.25, 0.3) is 0 Å². The summed E-state index contributed by atoms with van der Waals surface area (Å²) in [4.78, 5) is 11.6. The summed E-state index contributed by atoms with van der Waals surface area (Å²) in [5, 5.41) is 22.4. The molecule has 134 valence electrons. The van der Waals surface area contributed by atoms with Crippen molar-refractivity contribution in [3.63, 3.8) is 0 Å². The second-order valence-corrected chi connectivity index (χ2v) is 5.78. The minimum Gasteiger partial charge on any atom is -0.445 e. The molecule has 0 heterocycles. The first-order valence-electron chi connectivity index (χ1n) is 7.43. The lowest BCUT2D eigenvalue weighted by Crippen LogP contribution is -2.36. The summed E-state index contributed by atoms with van der Waals surface area (Å²) in [7, 11) is 0. The number of alkyl carbamates (subject to hydrolysis) is 1. The summed E-state index contributed by atoms with van der Waals surface area (Å²) in [5.41, 5.74) is 5.97. The Bertz CT molecular complexity index is 730. The highest BCUT2D eigenvalue weighted by Crippen LogP contribution is 2.29. The van der Waals surface area contributed by atoms with Gasteiger partial charge in [0.2, 0.25) is 0 Å². The number of amides is 1. The van der Waals surface area contributed by atoms with E-state index in [9.17, 15) is 19.4 Å². The highest BCUT2D eigenvalue weighted by molar-refractivity contribution is 6.30. The molecule has 0 aliphatic heterocycles. The van der Waals surface area contributed by atoms with Crippen LogP contribution in [0.4, 0.5) is 14.9 Å². The van der Waals surface area contributed by atoms with Crippen molar-refractivity contribution >= 4 is 23.4 Å². The number of nitrogen functional groups attached to an aromatic ring is 1. The van der Waals surface area contributed by atoms with Gasteiger partial charge in [-0.05, 0) is 17.7 Å². The first-order valence-corrected chi connectivity index (χ1v) is 7.81. The largest absolute Gasteiger partial charge is 0.445 e. The minimum atomic E-state index is -1.53. The molecule has 0 aliphatic rings. The van der Waals surface area contributed by atoms with E-state index in [2.05, 4.69) is 5.32 Å². The van der Waals surface area contributed by atoms with Gasteiger partial charge in [0.05, 0.1) is 5.69 Å². The molecule has 8 heteroatoms. The van der Waals surface area contributed by atoms with Gasteiger partial charge >= 0.3 is 6.09 Å². The summed E-state index contributed by atoms with van der Waals surface area (Å²) >= 11 is 5.72. The van der Waals surface area contributed by atoms with Crippen LogP contribution in [-0.4, -0.2) is 29.0 Å². The number of carbonyl (C=O) groups excluding carboxylic acids is 1. The summed E-state index contributed by atoms with van der Waals surface area (Å²) in [6.07, 6.45) is -3.72. The number of nitrogens with two attached hydrogens (primary N) is 1. The highest BCUT2D eigenvalue weighted by Gasteiger charge is 2.23. The monoisotopic (exact) mass is 368 g/mol.